The van der Waals surface area contributed by atoms with Gasteiger partial charge in [0.1, 0.15) is 6.61 Å². The number of ether oxygens (including phenoxy) is 2. The molecule has 0 fully saturated rings. The zero-order valence-electron chi connectivity index (χ0n) is 20.5. The molecule has 9 heteroatoms. The number of benzene rings is 2. The molecule has 0 aromatic heterocycles. The van der Waals surface area contributed by atoms with E-state index >= 15 is 0 Å². The van der Waals surface area contributed by atoms with Crippen LogP contribution in [0.25, 0.3) is 0 Å². The molecule has 3 N–H and O–H groups in total. The number of esters is 1. The summed E-state index contributed by atoms with van der Waals surface area (Å²) in [6.45, 7) is 6.45. The largest absolute Gasteiger partial charge is 0.460 e. The molecule has 0 bridgehead atoms. The van der Waals surface area contributed by atoms with Crippen LogP contribution in [0, 0.1) is 6.92 Å². The third-order valence-corrected chi connectivity index (χ3v) is 5.66. The van der Waals surface area contributed by atoms with Crippen molar-refractivity contribution >= 4 is 29.4 Å². The van der Waals surface area contributed by atoms with Crippen LogP contribution in [0.5, 0.6) is 0 Å². The molecule has 0 saturated heterocycles. The average Bonchev–Trinajstić information content (AvgIpc) is 2.83. The fourth-order valence-corrected chi connectivity index (χ4v) is 3.88. The van der Waals surface area contributed by atoms with E-state index in [1.165, 1.54) is 7.11 Å². The highest BCUT2D eigenvalue weighted by Gasteiger charge is 2.36. The van der Waals surface area contributed by atoms with E-state index in [9.17, 15) is 14.4 Å². The zero-order chi connectivity index (χ0) is 25.4. The third kappa shape index (κ3) is 6.39. The second-order valence-electron chi connectivity index (χ2n) is 8.18. The minimum Gasteiger partial charge on any atom is -0.460 e. The molecule has 4 amide bonds. The summed E-state index contributed by atoms with van der Waals surface area (Å²) >= 11 is 0. The van der Waals surface area contributed by atoms with Crippen LogP contribution in [-0.4, -0.2) is 49.8 Å². The van der Waals surface area contributed by atoms with Gasteiger partial charge in [0.25, 0.3) is 0 Å². The van der Waals surface area contributed by atoms with E-state index < -0.39 is 18.0 Å². The van der Waals surface area contributed by atoms with E-state index in [2.05, 4.69) is 16.0 Å². The lowest BCUT2D eigenvalue weighted by Crippen LogP contribution is -2.48. The van der Waals surface area contributed by atoms with Crippen molar-refractivity contribution in [3.8, 4) is 0 Å². The first kappa shape index (κ1) is 25.8. The Morgan fingerprint density at radius 3 is 2.54 bits per heavy atom. The Labute approximate surface area is 205 Å². The zero-order valence-corrected chi connectivity index (χ0v) is 20.5. The molecule has 1 aliphatic heterocycles. The van der Waals surface area contributed by atoms with Crippen molar-refractivity contribution in [3.63, 3.8) is 0 Å². The van der Waals surface area contributed by atoms with Gasteiger partial charge in [0, 0.05) is 30.7 Å². The van der Waals surface area contributed by atoms with Gasteiger partial charge in [-0.05, 0) is 49.6 Å². The van der Waals surface area contributed by atoms with Crippen molar-refractivity contribution in [2.75, 3.05) is 37.5 Å². The lowest BCUT2D eigenvalue weighted by Gasteiger charge is -2.35. The smallest absolute Gasteiger partial charge is 0.338 e. The Hall–Kier alpha value is -3.85. The Bertz CT molecular complexity index is 1110. The molecule has 0 saturated carbocycles. The second-order valence-corrected chi connectivity index (χ2v) is 8.18. The molecule has 1 aliphatic rings. The summed E-state index contributed by atoms with van der Waals surface area (Å²) in [4.78, 5) is 40.0. The van der Waals surface area contributed by atoms with Crippen molar-refractivity contribution in [2.45, 2.75) is 33.2 Å². The molecular weight excluding hydrogens is 448 g/mol. The van der Waals surface area contributed by atoms with Crippen molar-refractivity contribution in [2.24, 2.45) is 0 Å². The van der Waals surface area contributed by atoms with E-state index in [0.717, 1.165) is 12.0 Å². The highest BCUT2D eigenvalue weighted by molar-refractivity contribution is 6.00. The Morgan fingerprint density at radius 1 is 1.06 bits per heavy atom. The van der Waals surface area contributed by atoms with Crippen LogP contribution in [0.2, 0.25) is 0 Å². The predicted octanol–water partition coefficient (Wildman–Crippen LogP) is 4.58. The van der Waals surface area contributed by atoms with Gasteiger partial charge in [-0.3, -0.25) is 4.90 Å². The number of nitrogens with zero attached hydrogens (tertiary/aromatic N) is 1. The fourth-order valence-electron chi connectivity index (χ4n) is 3.88. The Morgan fingerprint density at radius 2 is 1.83 bits per heavy atom. The fraction of sp³-hybridized carbons (Fsp3) is 0.346. The number of hydrogen-bond acceptors (Lipinski definition) is 5. The molecular formula is C26H32N4O5. The number of rotatable bonds is 9. The van der Waals surface area contributed by atoms with Crippen LogP contribution in [0.1, 0.15) is 37.4 Å². The van der Waals surface area contributed by atoms with Crippen molar-refractivity contribution in [1.82, 2.24) is 10.2 Å². The minimum absolute atomic E-state index is 0.0984. The molecule has 0 radical (unpaired) electrons. The van der Waals surface area contributed by atoms with E-state index in [1.807, 2.05) is 38.1 Å². The number of urea groups is 2. The number of anilines is 2. The van der Waals surface area contributed by atoms with Crippen LogP contribution in [0.4, 0.5) is 21.0 Å². The normalized spacial score (nSPS) is 15.5. The molecule has 186 valence electrons. The number of nitrogens with one attached hydrogen (secondary N) is 3. The quantitative estimate of drug-likeness (QED) is 0.360. The summed E-state index contributed by atoms with van der Waals surface area (Å²) in [7, 11) is 1.53. The van der Waals surface area contributed by atoms with E-state index in [0.29, 0.717) is 34.8 Å². The third-order valence-electron chi connectivity index (χ3n) is 5.66. The molecule has 2 aromatic carbocycles. The molecule has 35 heavy (non-hydrogen) atoms. The van der Waals surface area contributed by atoms with Gasteiger partial charge in [0.2, 0.25) is 0 Å². The summed E-state index contributed by atoms with van der Waals surface area (Å²) < 4.78 is 10.4. The SMILES string of the molecule is CCCN1C(=O)NC(c2cccc(NC(=O)Nc3ccccc3C)c2)C(C(=O)OCCOC)=C1C. The minimum atomic E-state index is -0.730. The van der Waals surface area contributed by atoms with E-state index in [4.69, 9.17) is 9.47 Å². The Kier molecular flexibility index (Phi) is 8.86. The van der Waals surface area contributed by atoms with Crippen molar-refractivity contribution in [3.05, 3.63) is 70.9 Å². The Balaban J connectivity index is 1.86. The predicted molar refractivity (Wildman–Crippen MR) is 134 cm³/mol. The first-order chi connectivity index (χ1) is 16.8. The summed E-state index contributed by atoms with van der Waals surface area (Å²) in [5, 5.41) is 8.55. The number of amides is 4. The summed E-state index contributed by atoms with van der Waals surface area (Å²) in [5.74, 6) is -0.527. The first-order valence-electron chi connectivity index (χ1n) is 11.5. The van der Waals surface area contributed by atoms with Crippen LogP contribution in [-0.2, 0) is 14.3 Å². The molecule has 3 rings (SSSR count). The number of carbonyl (C=O) groups is 3. The highest BCUT2D eigenvalue weighted by Crippen LogP contribution is 2.32. The average molecular weight is 481 g/mol. The lowest BCUT2D eigenvalue weighted by molar-refractivity contribution is -0.140. The van der Waals surface area contributed by atoms with Crippen LogP contribution in [0.15, 0.2) is 59.8 Å². The van der Waals surface area contributed by atoms with Gasteiger partial charge in [-0.2, -0.15) is 0 Å². The second kappa shape index (κ2) is 12.0. The van der Waals surface area contributed by atoms with Crippen LogP contribution in [0.3, 0.4) is 0 Å². The van der Waals surface area contributed by atoms with Gasteiger partial charge >= 0.3 is 18.0 Å². The number of aryl methyl sites for hydroxylation is 1. The van der Waals surface area contributed by atoms with Gasteiger partial charge in [-0.15, -0.1) is 0 Å². The van der Waals surface area contributed by atoms with E-state index in [1.54, 1.807) is 36.1 Å². The van der Waals surface area contributed by atoms with Crippen molar-refractivity contribution in [1.29, 1.82) is 0 Å². The van der Waals surface area contributed by atoms with Gasteiger partial charge < -0.3 is 25.4 Å². The molecule has 1 atom stereocenters. The molecule has 2 aromatic rings. The molecule has 1 heterocycles. The van der Waals surface area contributed by atoms with Gasteiger partial charge in [0.15, 0.2) is 0 Å². The van der Waals surface area contributed by atoms with Crippen molar-refractivity contribution < 1.29 is 23.9 Å². The summed E-state index contributed by atoms with van der Waals surface area (Å²) in [5.41, 5.74) is 3.69. The number of hydrogen-bond donors (Lipinski definition) is 3. The number of para-hydroxylation sites is 1. The molecule has 1 unspecified atom stereocenters. The monoisotopic (exact) mass is 480 g/mol. The van der Waals surface area contributed by atoms with Crippen LogP contribution >= 0.6 is 0 Å². The first-order valence-corrected chi connectivity index (χ1v) is 11.5. The molecule has 9 nitrogen and oxygen atoms in total. The summed E-state index contributed by atoms with van der Waals surface area (Å²) in [6, 6.07) is 13.1. The van der Waals surface area contributed by atoms with Gasteiger partial charge in [0.05, 0.1) is 18.2 Å². The maximum atomic E-state index is 13.0. The highest BCUT2D eigenvalue weighted by atomic mass is 16.6. The lowest BCUT2D eigenvalue weighted by atomic mass is 9.94. The molecule has 0 spiro atoms. The maximum Gasteiger partial charge on any atom is 0.338 e. The van der Waals surface area contributed by atoms with Crippen LogP contribution < -0.4 is 16.0 Å². The number of allylic oxidation sites excluding steroid dienone is 1. The van der Waals surface area contributed by atoms with Gasteiger partial charge in [-0.1, -0.05) is 37.3 Å². The summed E-state index contributed by atoms with van der Waals surface area (Å²) in [6.07, 6.45) is 0.733. The standard InChI is InChI=1S/C26H32N4O5/c1-5-13-30-18(3)22(24(31)35-15-14-34-4)23(29-26(30)33)19-10-8-11-20(16-19)27-25(32)28-21-12-7-6-9-17(21)2/h6-12,16,23H,5,13-15H2,1-4H3,(H,29,33)(H2,27,28,32). The number of carbonyl (C=O) groups excluding carboxylic acids is 3. The van der Waals surface area contributed by atoms with Gasteiger partial charge in [-0.25, -0.2) is 14.4 Å². The molecule has 0 aliphatic carbocycles. The number of methoxy groups -OCH3 is 1. The topological polar surface area (TPSA) is 109 Å². The van der Waals surface area contributed by atoms with E-state index in [-0.39, 0.29) is 19.2 Å². The maximum absolute atomic E-state index is 13.0.